The van der Waals surface area contributed by atoms with Crippen LogP contribution in [0.1, 0.15) is 33.9 Å². The molecule has 0 spiro atoms. The Morgan fingerprint density at radius 1 is 0.846 bits per heavy atom. The average Bonchev–Trinajstić information content (AvgIpc) is 3.45. The summed E-state index contributed by atoms with van der Waals surface area (Å²) in [5.41, 5.74) is 3.04. The Kier molecular flexibility index (Phi) is 7.45. The van der Waals surface area contributed by atoms with Crippen molar-refractivity contribution in [2.45, 2.75) is 12.5 Å². The van der Waals surface area contributed by atoms with Crippen LogP contribution in [0.3, 0.4) is 0 Å². The van der Waals surface area contributed by atoms with Gasteiger partial charge in [0.2, 0.25) is 0 Å². The summed E-state index contributed by atoms with van der Waals surface area (Å²) in [6.45, 7) is -0.269. The second-order valence-corrected chi connectivity index (χ2v) is 9.00. The first kappa shape index (κ1) is 25.8. The van der Waals surface area contributed by atoms with Crippen LogP contribution < -0.4 is 18.9 Å². The lowest BCUT2D eigenvalue weighted by Crippen LogP contribution is -2.31. The molecular formula is C31H28N2O6. The van der Waals surface area contributed by atoms with Crippen LogP contribution in [0.4, 0.5) is 0 Å². The lowest BCUT2D eigenvalue weighted by molar-refractivity contribution is -0.135. The van der Waals surface area contributed by atoms with Crippen LogP contribution >= 0.6 is 0 Å². The predicted molar refractivity (Wildman–Crippen MR) is 148 cm³/mol. The molecule has 0 radical (unpaired) electrons. The second kappa shape index (κ2) is 11.3. The number of aldehydes is 1. The van der Waals surface area contributed by atoms with Gasteiger partial charge in [0, 0.05) is 12.0 Å². The van der Waals surface area contributed by atoms with Gasteiger partial charge in [-0.05, 0) is 58.3 Å². The van der Waals surface area contributed by atoms with E-state index in [0.29, 0.717) is 35.0 Å². The summed E-state index contributed by atoms with van der Waals surface area (Å²) in [4.78, 5) is 24.6. The quantitative estimate of drug-likeness (QED) is 0.271. The molecule has 0 saturated heterocycles. The number of carbonyl (C=O) groups excluding carboxylic acids is 2. The van der Waals surface area contributed by atoms with Crippen molar-refractivity contribution in [2.24, 2.45) is 5.10 Å². The molecule has 1 heterocycles. The van der Waals surface area contributed by atoms with Gasteiger partial charge in [0.15, 0.2) is 29.6 Å². The summed E-state index contributed by atoms with van der Waals surface area (Å²) in [7, 11) is 4.64. The van der Waals surface area contributed by atoms with Gasteiger partial charge in [-0.1, -0.05) is 42.5 Å². The van der Waals surface area contributed by atoms with Gasteiger partial charge in [0.05, 0.1) is 33.1 Å². The minimum Gasteiger partial charge on any atom is -0.493 e. The van der Waals surface area contributed by atoms with Crippen LogP contribution in [0, 0.1) is 0 Å². The molecule has 0 fully saturated rings. The van der Waals surface area contributed by atoms with Crippen molar-refractivity contribution < 1.29 is 28.5 Å². The predicted octanol–water partition coefficient (Wildman–Crippen LogP) is 5.43. The Morgan fingerprint density at radius 2 is 1.56 bits per heavy atom. The van der Waals surface area contributed by atoms with Crippen LogP contribution in [0.2, 0.25) is 0 Å². The molecule has 0 bridgehead atoms. The summed E-state index contributed by atoms with van der Waals surface area (Å²) >= 11 is 0. The minimum absolute atomic E-state index is 0.269. The molecular weight excluding hydrogens is 496 g/mol. The monoisotopic (exact) mass is 524 g/mol. The first-order chi connectivity index (χ1) is 19.0. The van der Waals surface area contributed by atoms with Gasteiger partial charge in [-0.2, -0.15) is 5.10 Å². The fourth-order valence-electron chi connectivity index (χ4n) is 4.69. The van der Waals surface area contributed by atoms with E-state index in [1.54, 1.807) is 32.4 Å². The number of methoxy groups -OCH3 is 3. The van der Waals surface area contributed by atoms with Gasteiger partial charge in [0.25, 0.3) is 5.91 Å². The Balaban J connectivity index is 1.46. The molecule has 1 unspecified atom stereocenters. The molecule has 0 N–H and O–H groups in total. The lowest BCUT2D eigenvalue weighted by atomic mass is 9.96. The van der Waals surface area contributed by atoms with Gasteiger partial charge in [-0.3, -0.25) is 9.59 Å². The molecule has 39 heavy (non-hydrogen) atoms. The number of amides is 1. The number of carbonyl (C=O) groups is 2. The Bertz CT molecular complexity index is 1560. The number of nitrogens with zero attached hydrogens (tertiary/aromatic N) is 2. The van der Waals surface area contributed by atoms with Crippen molar-refractivity contribution in [1.29, 1.82) is 0 Å². The summed E-state index contributed by atoms with van der Waals surface area (Å²) in [6, 6.07) is 24.3. The van der Waals surface area contributed by atoms with E-state index in [4.69, 9.17) is 24.0 Å². The number of hydrazone groups is 1. The maximum absolute atomic E-state index is 13.5. The number of rotatable bonds is 9. The highest BCUT2D eigenvalue weighted by Crippen LogP contribution is 2.38. The fourth-order valence-corrected chi connectivity index (χ4v) is 4.69. The maximum Gasteiger partial charge on any atom is 0.281 e. The standard InChI is InChI=1S/C31H28N2O6/c1-36-27-13-11-24(16-30(27)38-3)26-17-25(23-10-9-21-6-4-5-7-22(21)15-23)32-33(26)31(35)19-39-28-12-8-20(18-34)14-29(28)37-2/h4-16,18,26H,17,19H2,1-3H3. The van der Waals surface area contributed by atoms with Crippen LogP contribution in [-0.2, 0) is 4.79 Å². The molecule has 1 aliphatic heterocycles. The SMILES string of the molecule is COc1ccc(C2CC(c3ccc4ccccc4c3)=NN2C(=O)COc2ccc(C=O)cc2OC)cc1OC. The van der Waals surface area contributed by atoms with Crippen LogP contribution in [-0.4, -0.2) is 50.9 Å². The highest BCUT2D eigenvalue weighted by atomic mass is 16.5. The van der Waals surface area contributed by atoms with E-state index >= 15 is 0 Å². The molecule has 8 heteroatoms. The summed E-state index contributed by atoms with van der Waals surface area (Å²) in [5.74, 6) is 1.56. The zero-order chi connectivity index (χ0) is 27.4. The average molecular weight is 525 g/mol. The van der Waals surface area contributed by atoms with E-state index in [0.717, 1.165) is 33.9 Å². The molecule has 1 aliphatic rings. The minimum atomic E-state index is -0.373. The van der Waals surface area contributed by atoms with Crippen molar-refractivity contribution in [3.05, 3.63) is 95.6 Å². The van der Waals surface area contributed by atoms with Crippen molar-refractivity contribution in [3.8, 4) is 23.0 Å². The van der Waals surface area contributed by atoms with Gasteiger partial charge in [-0.25, -0.2) is 5.01 Å². The first-order valence-electron chi connectivity index (χ1n) is 12.4. The Labute approximate surface area is 226 Å². The molecule has 198 valence electrons. The van der Waals surface area contributed by atoms with E-state index in [2.05, 4.69) is 24.3 Å². The molecule has 1 amide bonds. The molecule has 0 aromatic heterocycles. The third-order valence-electron chi connectivity index (χ3n) is 6.72. The summed E-state index contributed by atoms with van der Waals surface area (Å²) in [6.07, 6.45) is 1.23. The van der Waals surface area contributed by atoms with E-state index in [9.17, 15) is 9.59 Å². The van der Waals surface area contributed by atoms with E-state index < -0.39 is 0 Å². The van der Waals surface area contributed by atoms with Gasteiger partial charge in [-0.15, -0.1) is 0 Å². The topological polar surface area (TPSA) is 86.7 Å². The fraction of sp³-hybridized carbons (Fsp3) is 0.194. The van der Waals surface area contributed by atoms with Crippen LogP contribution in [0.15, 0.2) is 84.0 Å². The van der Waals surface area contributed by atoms with Crippen LogP contribution in [0.25, 0.3) is 10.8 Å². The van der Waals surface area contributed by atoms with Gasteiger partial charge in [0.1, 0.15) is 6.29 Å². The molecule has 0 saturated carbocycles. The first-order valence-corrected chi connectivity index (χ1v) is 12.4. The van der Waals surface area contributed by atoms with Crippen molar-refractivity contribution in [3.63, 3.8) is 0 Å². The van der Waals surface area contributed by atoms with Crippen molar-refractivity contribution in [2.75, 3.05) is 27.9 Å². The maximum atomic E-state index is 13.5. The molecule has 5 rings (SSSR count). The third-order valence-corrected chi connectivity index (χ3v) is 6.72. The number of fused-ring (bicyclic) bond motifs is 1. The van der Waals surface area contributed by atoms with E-state index in [1.807, 2.05) is 36.4 Å². The smallest absolute Gasteiger partial charge is 0.281 e. The largest absolute Gasteiger partial charge is 0.493 e. The zero-order valence-electron chi connectivity index (χ0n) is 21.9. The normalized spacial score (nSPS) is 14.6. The van der Waals surface area contributed by atoms with Crippen molar-refractivity contribution in [1.82, 2.24) is 5.01 Å². The summed E-state index contributed by atoms with van der Waals surface area (Å²) < 4.78 is 22.1. The molecule has 0 aliphatic carbocycles. The molecule has 1 atom stereocenters. The van der Waals surface area contributed by atoms with E-state index in [-0.39, 0.29) is 18.6 Å². The number of ether oxygens (including phenoxy) is 4. The van der Waals surface area contributed by atoms with E-state index in [1.165, 1.54) is 12.1 Å². The van der Waals surface area contributed by atoms with Gasteiger partial charge < -0.3 is 18.9 Å². The molecule has 8 nitrogen and oxygen atoms in total. The molecule has 4 aromatic rings. The zero-order valence-corrected chi connectivity index (χ0v) is 21.9. The molecule has 4 aromatic carbocycles. The number of hydrogen-bond donors (Lipinski definition) is 0. The lowest BCUT2D eigenvalue weighted by Gasteiger charge is -2.23. The number of hydrogen-bond acceptors (Lipinski definition) is 7. The third kappa shape index (κ3) is 5.27. The Morgan fingerprint density at radius 3 is 2.31 bits per heavy atom. The highest BCUT2D eigenvalue weighted by Gasteiger charge is 2.34. The summed E-state index contributed by atoms with van der Waals surface area (Å²) in [5, 5.41) is 8.47. The Hall–Kier alpha value is -4.85. The van der Waals surface area contributed by atoms with Crippen LogP contribution in [0.5, 0.6) is 23.0 Å². The van der Waals surface area contributed by atoms with Gasteiger partial charge >= 0.3 is 0 Å². The van der Waals surface area contributed by atoms with Crippen molar-refractivity contribution >= 4 is 28.7 Å². The number of benzene rings is 4. The second-order valence-electron chi connectivity index (χ2n) is 9.00. The highest BCUT2D eigenvalue weighted by molar-refractivity contribution is 6.05.